The van der Waals surface area contributed by atoms with Gasteiger partial charge in [0.05, 0.1) is 19.5 Å². The molecule has 1 aromatic carbocycles. The SMILES string of the molecule is CC(C)[C@H](NC(=O)OCc1ccccc1)C(=O)O.Nc1nc2c(ncn2COCCO)c(=O)[nH]1. The lowest BCUT2D eigenvalue weighted by molar-refractivity contribution is -0.140. The number of rotatable bonds is 9. The third kappa shape index (κ3) is 7.86. The highest BCUT2D eigenvalue weighted by molar-refractivity contribution is 5.80. The van der Waals surface area contributed by atoms with Gasteiger partial charge in [0.25, 0.3) is 5.56 Å². The number of carboxylic acid groups (broad SMARTS) is 1. The van der Waals surface area contributed by atoms with Gasteiger partial charge in [-0.2, -0.15) is 4.98 Å². The number of imidazole rings is 1. The molecule has 0 saturated heterocycles. The number of aromatic nitrogens is 4. The fourth-order valence-electron chi connectivity index (χ4n) is 2.70. The van der Waals surface area contributed by atoms with Crippen molar-refractivity contribution in [2.75, 3.05) is 18.9 Å². The Morgan fingerprint density at radius 1 is 1.26 bits per heavy atom. The van der Waals surface area contributed by atoms with Gasteiger partial charge in [0.2, 0.25) is 5.95 Å². The first-order valence-electron chi connectivity index (χ1n) is 10.3. The van der Waals surface area contributed by atoms with Gasteiger partial charge in [-0.05, 0) is 11.5 Å². The van der Waals surface area contributed by atoms with Crippen molar-refractivity contribution in [3.05, 3.63) is 52.6 Å². The highest BCUT2D eigenvalue weighted by atomic mass is 16.5. The van der Waals surface area contributed by atoms with Crippen molar-refractivity contribution in [2.24, 2.45) is 5.92 Å². The maximum absolute atomic E-state index is 11.4. The Bertz CT molecular complexity index is 1130. The average molecular weight is 476 g/mol. The number of carbonyl (C=O) groups is 2. The van der Waals surface area contributed by atoms with Gasteiger partial charge in [-0.3, -0.25) is 14.3 Å². The van der Waals surface area contributed by atoms with Crippen LogP contribution in [0.25, 0.3) is 11.2 Å². The Hall–Kier alpha value is -3.97. The lowest BCUT2D eigenvalue weighted by atomic mass is 10.1. The standard InChI is InChI=1S/C13H17NO4.C8H11N5O3/c1-9(2)11(12(15)16)14-13(17)18-8-10-6-4-3-5-7-10;9-8-11-6-5(7(15)12-8)10-3-13(6)4-16-2-1-14/h3-7,9,11H,8H2,1-2H3,(H,14,17)(H,15,16);3,14H,1-2,4H2,(H3,9,11,12,15)/t11-;/m0./s1. The second kappa shape index (κ2) is 12.9. The van der Waals surface area contributed by atoms with Crippen molar-refractivity contribution in [3.63, 3.8) is 0 Å². The first-order valence-corrected chi connectivity index (χ1v) is 10.3. The zero-order valence-electron chi connectivity index (χ0n) is 18.8. The molecule has 0 aliphatic rings. The number of aliphatic hydroxyl groups is 1. The molecular formula is C21H28N6O7. The van der Waals surface area contributed by atoms with Crippen molar-refractivity contribution < 1.29 is 29.3 Å². The molecule has 2 aromatic heterocycles. The van der Waals surface area contributed by atoms with E-state index in [0.717, 1.165) is 5.56 Å². The zero-order chi connectivity index (χ0) is 25.1. The van der Waals surface area contributed by atoms with E-state index in [4.69, 9.17) is 25.4 Å². The number of benzene rings is 1. The fraction of sp³-hybridized carbons (Fsp3) is 0.381. The van der Waals surface area contributed by atoms with E-state index in [0.29, 0.717) is 5.65 Å². The van der Waals surface area contributed by atoms with Crippen LogP contribution in [-0.2, 0) is 27.6 Å². The summed E-state index contributed by atoms with van der Waals surface area (Å²) in [6.45, 7) is 3.86. The van der Waals surface area contributed by atoms with Crippen LogP contribution in [0.2, 0.25) is 0 Å². The molecule has 0 fully saturated rings. The van der Waals surface area contributed by atoms with Gasteiger partial charge in [-0.15, -0.1) is 0 Å². The van der Waals surface area contributed by atoms with Crippen LogP contribution in [0, 0.1) is 5.92 Å². The van der Waals surface area contributed by atoms with Crippen molar-refractivity contribution in [2.45, 2.75) is 33.2 Å². The molecule has 0 unspecified atom stereocenters. The predicted octanol–water partition coefficient (Wildman–Crippen LogP) is 0.690. The topological polar surface area (TPSA) is 195 Å². The van der Waals surface area contributed by atoms with E-state index >= 15 is 0 Å². The summed E-state index contributed by atoms with van der Waals surface area (Å²) in [5.74, 6) is -1.24. The lowest BCUT2D eigenvalue weighted by Gasteiger charge is -2.17. The maximum atomic E-state index is 11.4. The van der Waals surface area contributed by atoms with Gasteiger partial charge in [0, 0.05) is 0 Å². The van der Waals surface area contributed by atoms with Crippen molar-refractivity contribution in [1.82, 2.24) is 24.8 Å². The highest BCUT2D eigenvalue weighted by Gasteiger charge is 2.23. The number of fused-ring (bicyclic) bond motifs is 1. The van der Waals surface area contributed by atoms with Gasteiger partial charge >= 0.3 is 12.1 Å². The average Bonchev–Trinajstić information content (AvgIpc) is 3.20. The van der Waals surface area contributed by atoms with Gasteiger partial charge in [-0.1, -0.05) is 44.2 Å². The second-order valence-electron chi connectivity index (χ2n) is 7.36. The quantitative estimate of drug-likeness (QED) is 0.274. The largest absolute Gasteiger partial charge is 0.480 e. The molecule has 13 heteroatoms. The molecule has 3 rings (SSSR count). The van der Waals surface area contributed by atoms with Crippen LogP contribution in [-0.4, -0.2) is 61.1 Å². The number of carbonyl (C=O) groups excluding carboxylic acids is 1. The molecule has 34 heavy (non-hydrogen) atoms. The van der Waals surface area contributed by atoms with E-state index in [1.165, 1.54) is 10.9 Å². The van der Waals surface area contributed by atoms with Gasteiger partial charge in [0.1, 0.15) is 19.4 Å². The number of ether oxygens (including phenoxy) is 2. The molecule has 2 heterocycles. The number of alkyl carbamates (subject to hydrolysis) is 1. The zero-order valence-corrected chi connectivity index (χ0v) is 18.8. The minimum absolute atomic E-state index is 0.0291. The Morgan fingerprint density at radius 3 is 2.59 bits per heavy atom. The van der Waals surface area contributed by atoms with Gasteiger partial charge in [0.15, 0.2) is 11.2 Å². The molecule has 0 spiro atoms. The molecule has 0 saturated carbocycles. The third-order valence-electron chi connectivity index (χ3n) is 4.38. The molecular weight excluding hydrogens is 448 g/mol. The second-order valence-corrected chi connectivity index (χ2v) is 7.36. The van der Waals surface area contributed by atoms with Gasteiger partial charge < -0.3 is 30.7 Å². The smallest absolute Gasteiger partial charge is 0.408 e. The van der Waals surface area contributed by atoms with E-state index in [1.807, 2.05) is 30.3 Å². The molecule has 1 atom stereocenters. The van der Waals surface area contributed by atoms with Crippen LogP contribution < -0.4 is 16.6 Å². The third-order valence-corrected chi connectivity index (χ3v) is 4.38. The maximum Gasteiger partial charge on any atom is 0.408 e. The molecule has 0 aliphatic heterocycles. The summed E-state index contributed by atoms with van der Waals surface area (Å²) >= 11 is 0. The fourth-order valence-corrected chi connectivity index (χ4v) is 2.70. The molecule has 1 amide bonds. The number of hydrogen-bond donors (Lipinski definition) is 5. The number of carboxylic acids is 1. The Kier molecular flexibility index (Phi) is 9.98. The van der Waals surface area contributed by atoms with Crippen LogP contribution in [0.1, 0.15) is 19.4 Å². The summed E-state index contributed by atoms with van der Waals surface area (Å²) in [6, 6.07) is 8.25. The molecule has 3 aromatic rings. The van der Waals surface area contributed by atoms with Crippen LogP contribution in [0.15, 0.2) is 41.5 Å². The number of nitrogens with zero attached hydrogens (tertiary/aromatic N) is 3. The number of aliphatic hydroxyl groups excluding tert-OH is 1. The molecule has 0 aliphatic carbocycles. The summed E-state index contributed by atoms with van der Waals surface area (Å²) in [7, 11) is 0. The first-order chi connectivity index (χ1) is 16.2. The molecule has 0 bridgehead atoms. The molecule has 0 radical (unpaired) electrons. The number of nitrogen functional groups attached to an aromatic ring is 1. The molecule has 184 valence electrons. The number of aromatic amines is 1. The number of anilines is 1. The predicted molar refractivity (Wildman–Crippen MR) is 122 cm³/mol. The number of aliphatic carboxylic acids is 1. The summed E-state index contributed by atoms with van der Waals surface area (Å²) in [5, 5.41) is 19.8. The van der Waals surface area contributed by atoms with E-state index in [9.17, 15) is 14.4 Å². The van der Waals surface area contributed by atoms with Crippen molar-refractivity contribution >= 4 is 29.2 Å². The van der Waals surface area contributed by atoms with Crippen LogP contribution in [0.4, 0.5) is 10.7 Å². The number of hydrogen-bond acceptors (Lipinski definition) is 9. The minimum atomic E-state index is -1.07. The lowest BCUT2D eigenvalue weighted by Crippen LogP contribution is -2.44. The number of H-pyrrole nitrogens is 1. The summed E-state index contributed by atoms with van der Waals surface area (Å²) < 4.78 is 11.6. The minimum Gasteiger partial charge on any atom is -0.480 e. The summed E-state index contributed by atoms with van der Waals surface area (Å²) in [4.78, 5) is 43.9. The number of nitrogens with one attached hydrogen (secondary N) is 2. The van der Waals surface area contributed by atoms with Crippen molar-refractivity contribution in [3.8, 4) is 0 Å². The number of nitrogens with two attached hydrogens (primary N) is 1. The Balaban J connectivity index is 0.000000241. The van der Waals surface area contributed by atoms with Crippen LogP contribution in [0.3, 0.4) is 0 Å². The normalized spacial score (nSPS) is 11.5. The Labute approximate surface area is 194 Å². The van der Waals surface area contributed by atoms with Crippen molar-refractivity contribution in [1.29, 1.82) is 0 Å². The van der Waals surface area contributed by atoms with E-state index in [2.05, 4.69) is 20.3 Å². The molecule has 13 nitrogen and oxygen atoms in total. The van der Waals surface area contributed by atoms with Crippen LogP contribution >= 0.6 is 0 Å². The van der Waals surface area contributed by atoms with E-state index in [-0.39, 0.29) is 49.5 Å². The monoisotopic (exact) mass is 476 g/mol. The van der Waals surface area contributed by atoms with Crippen LogP contribution in [0.5, 0.6) is 0 Å². The summed E-state index contributed by atoms with van der Waals surface area (Å²) in [5.41, 5.74) is 6.45. The highest BCUT2D eigenvalue weighted by Crippen LogP contribution is 2.06. The summed E-state index contributed by atoms with van der Waals surface area (Å²) in [6.07, 6.45) is 0.712. The van der Waals surface area contributed by atoms with E-state index < -0.39 is 18.1 Å². The first kappa shape index (κ1) is 26.3. The van der Waals surface area contributed by atoms with Gasteiger partial charge in [-0.25, -0.2) is 14.6 Å². The number of amides is 1. The Morgan fingerprint density at radius 2 is 1.97 bits per heavy atom. The molecule has 6 N–H and O–H groups in total. The van der Waals surface area contributed by atoms with E-state index in [1.54, 1.807) is 13.8 Å².